The van der Waals surface area contributed by atoms with Crippen LogP contribution in [0.4, 0.5) is 0 Å². The number of hydrogen-bond donors (Lipinski definition) is 0. The van der Waals surface area contributed by atoms with E-state index in [0.29, 0.717) is 0 Å². The third-order valence-corrected chi connectivity index (χ3v) is 1.33. The molecule has 70 valence electrons. The van der Waals surface area contributed by atoms with Crippen molar-refractivity contribution in [1.29, 1.82) is 0 Å². The summed E-state index contributed by atoms with van der Waals surface area (Å²) in [5, 5.41) is 0. The molecule has 0 aliphatic heterocycles. The van der Waals surface area contributed by atoms with E-state index in [2.05, 4.69) is 18.2 Å². The molecule has 0 spiro atoms. The first-order valence-corrected chi connectivity index (χ1v) is 4.24. The summed E-state index contributed by atoms with van der Waals surface area (Å²) in [7, 11) is 0. The zero-order chi connectivity index (χ0) is 10.3. The van der Waals surface area contributed by atoms with Gasteiger partial charge in [-0.3, -0.25) is 4.99 Å². The van der Waals surface area contributed by atoms with E-state index in [1.807, 2.05) is 32.9 Å². The predicted octanol–water partition coefficient (Wildman–Crippen LogP) is 3.67. The summed E-state index contributed by atoms with van der Waals surface area (Å²) in [6.45, 7) is 13.3. The summed E-state index contributed by atoms with van der Waals surface area (Å²) < 4.78 is 0. The maximum Gasteiger partial charge on any atom is 0.0616 e. The highest BCUT2D eigenvalue weighted by atomic mass is 14.7. The van der Waals surface area contributed by atoms with Gasteiger partial charge in [0.15, 0.2) is 0 Å². The molecule has 0 fully saturated rings. The normalized spacial score (nSPS) is 10.7. The number of aliphatic imine (C=N–C) groups is 1. The van der Waals surface area contributed by atoms with Crippen LogP contribution in [0.15, 0.2) is 53.2 Å². The van der Waals surface area contributed by atoms with Gasteiger partial charge in [-0.25, -0.2) is 0 Å². The molecular weight excluding hydrogens is 158 g/mol. The van der Waals surface area contributed by atoms with Gasteiger partial charge >= 0.3 is 0 Å². The van der Waals surface area contributed by atoms with E-state index in [0.717, 1.165) is 11.3 Å². The van der Waals surface area contributed by atoms with E-state index in [4.69, 9.17) is 0 Å². The number of nitrogens with zero attached hydrogens (tertiary/aromatic N) is 1. The Morgan fingerprint density at radius 3 is 2.23 bits per heavy atom. The average molecular weight is 175 g/mol. The minimum atomic E-state index is 0.950. The standard InChI is InChI=1S/C12H17N/c1-6-7-8-12(11(4)5)13-9-10(2)3/h6-9H,1-2H2,3-5H3/b8-7-,13-9?. The highest BCUT2D eigenvalue weighted by Gasteiger charge is 1.89. The summed E-state index contributed by atoms with van der Waals surface area (Å²) in [6, 6.07) is 0. The molecule has 1 heteroatoms. The average Bonchev–Trinajstić information content (AvgIpc) is 2.03. The molecule has 0 aliphatic rings. The summed E-state index contributed by atoms with van der Waals surface area (Å²) in [4.78, 5) is 4.28. The van der Waals surface area contributed by atoms with Gasteiger partial charge in [-0.15, -0.1) is 0 Å². The summed E-state index contributed by atoms with van der Waals surface area (Å²) >= 11 is 0. The second kappa shape index (κ2) is 6.18. The van der Waals surface area contributed by atoms with E-state index >= 15 is 0 Å². The lowest BCUT2D eigenvalue weighted by Gasteiger charge is -1.96. The van der Waals surface area contributed by atoms with Crippen LogP contribution in [0.3, 0.4) is 0 Å². The fraction of sp³-hybridized carbons (Fsp3) is 0.250. The fourth-order valence-corrected chi connectivity index (χ4v) is 0.678. The molecule has 0 atom stereocenters. The molecule has 0 aromatic heterocycles. The lowest BCUT2D eigenvalue weighted by molar-refractivity contribution is 1.25. The van der Waals surface area contributed by atoms with Gasteiger partial charge in [0.05, 0.1) is 5.70 Å². The first kappa shape index (κ1) is 11.6. The highest BCUT2D eigenvalue weighted by Crippen LogP contribution is 2.06. The zero-order valence-corrected chi connectivity index (χ0v) is 8.67. The quantitative estimate of drug-likeness (QED) is 0.456. The Kier molecular flexibility index (Phi) is 5.53. The van der Waals surface area contributed by atoms with E-state index in [1.54, 1.807) is 12.3 Å². The molecule has 13 heavy (non-hydrogen) atoms. The van der Waals surface area contributed by atoms with Crippen molar-refractivity contribution >= 4 is 6.21 Å². The van der Waals surface area contributed by atoms with Crippen molar-refractivity contribution < 1.29 is 0 Å². The Balaban J connectivity index is 4.66. The Hall–Kier alpha value is -1.37. The van der Waals surface area contributed by atoms with Crippen LogP contribution in [0.5, 0.6) is 0 Å². The van der Waals surface area contributed by atoms with Crippen molar-refractivity contribution in [2.24, 2.45) is 4.99 Å². The van der Waals surface area contributed by atoms with Crippen LogP contribution >= 0.6 is 0 Å². The molecule has 0 rings (SSSR count). The molecule has 1 nitrogen and oxygen atoms in total. The van der Waals surface area contributed by atoms with Crippen LogP contribution in [-0.4, -0.2) is 6.21 Å². The number of rotatable bonds is 4. The molecule has 0 N–H and O–H groups in total. The van der Waals surface area contributed by atoms with E-state index in [9.17, 15) is 0 Å². The van der Waals surface area contributed by atoms with Gasteiger partial charge < -0.3 is 0 Å². The largest absolute Gasteiger partial charge is 0.257 e. The van der Waals surface area contributed by atoms with Gasteiger partial charge in [-0.2, -0.15) is 0 Å². The Morgan fingerprint density at radius 2 is 1.85 bits per heavy atom. The number of hydrogen-bond acceptors (Lipinski definition) is 1. The molecule has 0 aliphatic carbocycles. The lowest BCUT2D eigenvalue weighted by atomic mass is 10.2. The molecular formula is C12H17N. The van der Waals surface area contributed by atoms with Crippen molar-refractivity contribution in [3.8, 4) is 0 Å². The maximum absolute atomic E-state index is 4.28. The third kappa shape index (κ3) is 5.85. The number of allylic oxidation sites excluding steroid dienone is 5. The Morgan fingerprint density at radius 1 is 1.23 bits per heavy atom. The summed E-state index contributed by atoms with van der Waals surface area (Å²) in [5.41, 5.74) is 3.09. The van der Waals surface area contributed by atoms with Gasteiger partial charge in [-0.1, -0.05) is 30.9 Å². The fourth-order valence-electron chi connectivity index (χ4n) is 0.678. The second-order valence-electron chi connectivity index (χ2n) is 3.08. The molecule has 0 aromatic carbocycles. The van der Waals surface area contributed by atoms with Crippen LogP contribution in [-0.2, 0) is 0 Å². The molecule has 0 bridgehead atoms. The Labute approximate surface area is 80.9 Å². The summed E-state index contributed by atoms with van der Waals surface area (Å²) in [5.74, 6) is 0. The van der Waals surface area contributed by atoms with Gasteiger partial charge in [0.25, 0.3) is 0 Å². The molecule has 0 amide bonds. The van der Waals surface area contributed by atoms with E-state index < -0.39 is 0 Å². The smallest absolute Gasteiger partial charge is 0.0616 e. The highest BCUT2D eigenvalue weighted by molar-refractivity contribution is 5.77. The van der Waals surface area contributed by atoms with Crippen molar-refractivity contribution in [3.63, 3.8) is 0 Å². The molecule has 0 radical (unpaired) electrons. The van der Waals surface area contributed by atoms with Gasteiger partial charge in [0, 0.05) is 6.21 Å². The van der Waals surface area contributed by atoms with Gasteiger partial charge in [0.1, 0.15) is 0 Å². The third-order valence-electron chi connectivity index (χ3n) is 1.33. The molecule has 0 aromatic rings. The molecule has 0 unspecified atom stereocenters. The minimum absolute atomic E-state index is 0.950. The van der Waals surface area contributed by atoms with Crippen molar-refractivity contribution in [1.82, 2.24) is 0 Å². The minimum Gasteiger partial charge on any atom is -0.257 e. The van der Waals surface area contributed by atoms with Crippen LogP contribution in [0.1, 0.15) is 20.8 Å². The molecule has 0 saturated carbocycles. The maximum atomic E-state index is 4.28. The molecule has 0 heterocycles. The topological polar surface area (TPSA) is 12.4 Å². The SMILES string of the molecule is C=C/C=C\C(N=CC(=C)C)=C(C)C. The summed E-state index contributed by atoms with van der Waals surface area (Å²) in [6.07, 6.45) is 7.30. The van der Waals surface area contributed by atoms with Crippen LogP contribution in [0.25, 0.3) is 0 Å². The monoisotopic (exact) mass is 175 g/mol. The van der Waals surface area contributed by atoms with Crippen LogP contribution in [0.2, 0.25) is 0 Å². The predicted molar refractivity (Wildman–Crippen MR) is 61.0 cm³/mol. The van der Waals surface area contributed by atoms with Gasteiger partial charge in [0.2, 0.25) is 0 Å². The second-order valence-corrected chi connectivity index (χ2v) is 3.08. The van der Waals surface area contributed by atoms with Crippen molar-refractivity contribution in [2.45, 2.75) is 20.8 Å². The first-order chi connectivity index (χ1) is 6.07. The van der Waals surface area contributed by atoms with Gasteiger partial charge in [-0.05, 0) is 32.4 Å². The molecule has 0 saturated heterocycles. The van der Waals surface area contributed by atoms with Crippen molar-refractivity contribution in [3.05, 3.63) is 48.2 Å². The first-order valence-electron chi connectivity index (χ1n) is 4.24. The van der Waals surface area contributed by atoms with E-state index in [-0.39, 0.29) is 0 Å². The van der Waals surface area contributed by atoms with Crippen LogP contribution < -0.4 is 0 Å². The van der Waals surface area contributed by atoms with E-state index in [1.165, 1.54) is 5.57 Å². The lowest BCUT2D eigenvalue weighted by Crippen LogP contribution is -1.80. The Bertz CT molecular complexity index is 273. The van der Waals surface area contributed by atoms with Crippen molar-refractivity contribution in [2.75, 3.05) is 0 Å². The van der Waals surface area contributed by atoms with Crippen LogP contribution in [0, 0.1) is 0 Å². The zero-order valence-electron chi connectivity index (χ0n) is 8.67.